The summed E-state index contributed by atoms with van der Waals surface area (Å²) in [4.78, 5) is 4.25. The summed E-state index contributed by atoms with van der Waals surface area (Å²) in [7, 11) is 1.73. The van der Waals surface area contributed by atoms with Gasteiger partial charge in [-0.25, -0.2) is 0 Å². The van der Waals surface area contributed by atoms with Gasteiger partial charge in [0.25, 0.3) is 0 Å². The van der Waals surface area contributed by atoms with Crippen LogP contribution in [-0.4, -0.2) is 18.6 Å². The SMILES string of the molecule is CN=C(NCc1cccc(C#N)c1)NCc1ccccc1OC(C)(C)C.I. The zero-order valence-electron chi connectivity index (χ0n) is 16.2. The quantitative estimate of drug-likeness (QED) is 0.384. The number of para-hydroxylation sites is 1. The number of nitrogens with zero attached hydrogens (tertiary/aromatic N) is 2. The minimum Gasteiger partial charge on any atom is -0.488 e. The van der Waals surface area contributed by atoms with E-state index in [-0.39, 0.29) is 29.6 Å². The van der Waals surface area contributed by atoms with E-state index in [4.69, 9.17) is 10.00 Å². The van der Waals surface area contributed by atoms with E-state index in [9.17, 15) is 0 Å². The first-order valence-corrected chi connectivity index (χ1v) is 8.62. The second kappa shape index (κ2) is 10.8. The number of ether oxygens (including phenoxy) is 1. The third kappa shape index (κ3) is 7.87. The number of aliphatic imine (C=N–C) groups is 1. The van der Waals surface area contributed by atoms with Crippen molar-refractivity contribution in [1.29, 1.82) is 5.26 Å². The minimum atomic E-state index is -0.248. The first kappa shape index (κ1) is 22.8. The molecule has 2 rings (SSSR count). The molecule has 0 aliphatic rings. The summed E-state index contributed by atoms with van der Waals surface area (Å²) in [5.41, 5.74) is 2.50. The molecule has 6 heteroatoms. The molecular formula is C21H27IN4O. The molecule has 2 N–H and O–H groups in total. The summed E-state index contributed by atoms with van der Waals surface area (Å²) < 4.78 is 6.02. The molecular weight excluding hydrogens is 451 g/mol. The molecule has 0 spiro atoms. The number of guanidine groups is 1. The lowest BCUT2D eigenvalue weighted by Gasteiger charge is -2.23. The van der Waals surface area contributed by atoms with Gasteiger partial charge in [-0.15, -0.1) is 24.0 Å². The van der Waals surface area contributed by atoms with Crippen LogP contribution in [0.25, 0.3) is 0 Å². The topological polar surface area (TPSA) is 69.4 Å². The van der Waals surface area contributed by atoms with Gasteiger partial charge in [0, 0.05) is 25.7 Å². The largest absolute Gasteiger partial charge is 0.488 e. The zero-order valence-corrected chi connectivity index (χ0v) is 18.6. The molecule has 0 radical (unpaired) electrons. The van der Waals surface area contributed by atoms with E-state index in [0.29, 0.717) is 24.6 Å². The van der Waals surface area contributed by atoms with Crippen molar-refractivity contribution in [3.8, 4) is 11.8 Å². The van der Waals surface area contributed by atoms with Crippen LogP contribution in [0.5, 0.6) is 5.75 Å². The fraction of sp³-hybridized carbons (Fsp3) is 0.333. The Hall–Kier alpha value is -2.27. The van der Waals surface area contributed by atoms with Crippen molar-refractivity contribution in [2.24, 2.45) is 4.99 Å². The number of hydrogen-bond acceptors (Lipinski definition) is 3. The highest BCUT2D eigenvalue weighted by Crippen LogP contribution is 2.22. The molecule has 2 aromatic carbocycles. The highest BCUT2D eigenvalue weighted by Gasteiger charge is 2.14. The summed E-state index contributed by atoms with van der Waals surface area (Å²) in [5.74, 6) is 1.56. The Labute approximate surface area is 178 Å². The van der Waals surface area contributed by atoms with E-state index < -0.39 is 0 Å². The Morgan fingerprint density at radius 3 is 2.44 bits per heavy atom. The fourth-order valence-corrected chi connectivity index (χ4v) is 2.42. The second-order valence-electron chi connectivity index (χ2n) is 6.91. The Kier molecular flexibility index (Phi) is 9.09. The minimum absolute atomic E-state index is 0. The summed E-state index contributed by atoms with van der Waals surface area (Å²) in [6.07, 6.45) is 0. The van der Waals surface area contributed by atoms with Gasteiger partial charge in [0.15, 0.2) is 5.96 Å². The second-order valence-corrected chi connectivity index (χ2v) is 6.91. The van der Waals surface area contributed by atoms with Crippen LogP contribution in [0.3, 0.4) is 0 Å². The van der Waals surface area contributed by atoms with Crippen molar-refractivity contribution in [3.63, 3.8) is 0 Å². The average Bonchev–Trinajstić information content (AvgIpc) is 2.62. The molecule has 0 atom stereocenters. The van der Waals surface area contributed by atoms with Crippen LogP contribution in [0.4, 0.5) is 0 Å². The van der Waals surface area contributed by atoms with Crippen molar-refractivity contribution in [2.75, 3.05) is 7.05 Å². The lowest BCUT2D eigenvalue weighted by molar-refractivity contribution is 0.129. The number of nitrogens with one attached hydrogen (secondary N) is 2. The van der Waals surface area contributed by atoms with Gasteiger partial charge in [0.1, 0.15) is 11.4 Å². The van der Waals surface area contributed by atoms with E-state index in [1.807, 2.05) is 63.2 Å². The van der Waals surface area contributed by atoms with Gasteiger partial charge in [0.05, 0.1) is 11.6 Å². The normalized spacial score (nSPS) is 11.1. The van der Waals surface area contributed by atoms with Gasteiger partial charge < -0.3 is 15.4 Å². The molecule has 0 saturated heterocycles. The van der Waals surface area contributed by atoms with E-state index >= 15 is 0 Å². The van der Waals surface area contributed by atoms with Crippen molar-refractivity contribution >= 4 is 29.9 Å². The maximum absolute atomic E-state index is 8.98. The molecule has 5 nitrogen and oxygen atoms in total. The molecule has 0 aromatic heterocycles. The molecule has 0 aliphatic heterocycles. The average molecular weight is 478 g/mol. The van der Waals surface area contributed by atoms with Crippen LogP contribution in [0.15, 0.2) is 53.5 Å². The molecule has 0 fully saturated rings. The summed E-state index contributed by atoms with van der Waals surface area (Å²) >= 11 is 0. The first-order chi connectivity index (χ1) is 12.4. The Morgan fingerprint density at radius 2 is 1.78 bits per heavy atom. The standard InChI is InChI=1S/C21H26N4O.HI/c1-21(2,3)26-19-11-6-5-10-18(19)15-25-20(23-4)24-14-17-9-7-8-16(12-17)13-22;/h5-12H,14-15H2,1-4H3,(H2,23,24,25);1H. The smallest absolute Gasteiger partial charge is 0.191 e. The van der Waals surface area contributed by atoms with Crippen LogP contribution in [0, 0.1) is 11.3 Å². The Bertz CT molecular complexity index is 806. The maximum atomic E-state index is 8.98. The van der Waals surface area contributed by atoms with Crippen molar-refractivity contribution in [1.82, 2.24) is 10.6 Å². The van der Waals surface area contributed by atoms with Gasteiger partial charge in [0.2, 0.25) is 0 Å². The predicted molar refractivity (Wildman–Crippen MR) is 120 cm³/mol. The number of rotatable bonds is 5. The monoisotopic (exact) mass is 478 g/mol. The third-order valence-electron chi connectivity index (χ3n) is 3.57. The van der Waals surface area contributed by atoms with Crippen molar-refractivity contribution in [2.45, 2.75) is 39.5 Å². The third-order valence-corrected chi connectivity index (χ3v) is 3.57. The summed E-state index contributed by atoms with van der Waals surface area (Å²) in [6.45, 7) is 7.30. The summed E-state index contributed by atoms with van der Waals surface area (Å²) in [5, 5.41) is 15.6. The number of nitriles is 1. The maximum Gasteiger partial charge on any atom is 0.191 e. The molecule has 0 unspecified atom stereocenters. The molecule has 0 saturated carbocycles. The van der Waals surface area contributed by atoms with Gasteiger partial charge >= 0.3 is 0 Å². The van der Waals surface area contributed by atoms with E-state index in [1.165, 1.54) is 0 Å². The van der Waals surface area contributed by atoms with E-state index in [0.717, 1.165) is 16.9 Å². The van der Waals surface area contributed by atoms with Gasteiger partial charge in [-0.1, -0.05) is 30.3 Å². The van der Waals surface area contributed by atoms with Gasteiger partial charge in [-0.2, -0.15) is 5.26 Å². The lowest BCUT2D eigenvalue weighted by atomic mass is 10.1. The molecule has 0 aliphatic carbocycles. The predicted octanol–water partition coefficient (Wildman–Crippen LogP) is 4.22. The molecule has 0 bridgehead atoms. The lowest BCUT2D eigenvalue weighted by Crippen LogP contribution is -2.36. The number of halogens is 1. The molecule has 0 heterocycles. The van der Waals surface area contributed by atoms with Crippen LogP contribution in [0.2, 0.25) is 0 Å². The first-order valence-electron chi connectivity index (χ1n) is 8.62. The van der Waals surface area contributed by atoms with E-state index in [2.05, 4.69) is 21.7 Å². The molecule has 27 heavy (non-hydrogen) atoms. The Morgan fingerprint density at radius 1 is 1.07 bits per heavy atom. The van der Waals surface area contributed by atoms with Gasteiger partial charge in [-0.3, -0.25) is 4.99 Å². The fourth-order valence-electron chi connectivity index (χ4n) is 2.42. The molecule has 144 valence electrons. The van der Waals surface area contributed by atoms with Crippen LogP contribution >= 0.6 is 24.0 Å². The molecule has 2 aromatic rings. The van der Waals surface area contributed by atoms with Crippen LogP contribution in [0.1, 0.15) is 37.5 Å². The van der Waals surface area contributed by atoms with E-state index in [1.54, 1.807) is 13.1 Å². The zero-order chi connectivity index (χ0) is 19.0. The molecule has 0 amide bonds. The van der Waals surface area contributed by atoms with Gasteiger partial charge in [-0.05, 0) is 44.5 Å². The van der Waals surface area contributed by atoms with Crippen molar-refractivity contribution < 1.29 is 4.74 Å². The van der Waals surface area contributed by atoms with Crippen LogP contribution in [-0.2, 0) is 13.1 Å². The van der Waals surface area contributed by atoms with Crippen LogP contribution < -0.4 is 15.4 Å². The number of hydrogen-bond donors (Lipinski definition) is 2. The highest BCUT2D eigenvalue weighted by atomic mass is 127. The number of benzene rings is 2. The van der Waals surface area contributed by atoms with Crippen molar-refractivity contribution in [3.05, 3.63) is 65.2 Å². The Balaban J connectivity index is 0.00000364. The highest BCUT2D eigenvalue weighted by molar-refractivity contribution is 14.0. The summed E-state index contributed by atoms with van der Waals surface area (Å²) in [6, 6.07) is 17.7.